The first-order valence-electron chi connectivity index (χ1n) is 17.3. The van der Waals surface area contributed by atoms with Crippen LogP contribution in [0.15, 0.2) is 159 Å². The minimum Gasteiger partial charge on any atom is -0.308 e. The first-order valence-corrected chi connectivity index (χ1v) is 18.1. The van der Waals surface area contributed by atoms with Crippen molar-refractivity contribution in [2.75, 3.05) is 0 Å². The third kappa shape index (κ3) is 4.82. The SMILES string of the molecule is C=C/C=C(\C=C)n1c(/C=C\C)c(C=C)c2sc(-c3ccc4c(c3)c3ccccc3n4-c3nc(-c4ccccc4)c4ccc5ccccc5c4n3)cc21. The Balaban J connectivity index is 1.29. The molecule has 9 aromatic rings. The van der Waals surface area contributed by atoms with E-state index in [0.717, 1.165) is 82.8 Å². The Kier molecular flexibility index (Phi) is 7.64. The summed E-state index contributed by atoms with van der Waals surface area (Å²) >= 11 is 1.78. The van der Waals surface area contributed by atoms with Crippen LogP contribution < -0.4 is 0 Å². The summed E-state index contributed by atoms with van der Waals surface area (Å²) in [6, 6.07) is 40.8. The van der Waals surface area contributed by atoms with Gasteiger partial charge in [-0.25, -0.2) is 9.97 Å². The maximum absolute atomic E-state index is 5.34. The summed E-state index contributed by atoms with van der Waals surface area (Å²) in [6.45, 7) is 14.3. The van der Waals surface area contributed by atoms with Crippen LogP contribution in [0.2, 0.25) is 0 Å². The smallest absolute Gasteiger partial charge is 0.235 e. The van der Waals surface area contributed by atoms with Gasteiger partial charge in [-0.1, -0.05) is 123 Å². The second-order valence-corrected chi connectivity index (χ2v) is 13.8. The highest BCUT2D eigenvalue weighted by atomic mass is 32.1. The molecule has 52 heavy (non-hydrogen) atoms. The Hall–Kier alpha value is -6.56. The van der Waals surface area contributed by atoms with E-state index in [1.807, 2.05) is 31.2 Å². The van der Waals surface area contributed by atoms with Crippen molar-refractivity contribution >= 4 is 82.9 Å². The Morgan fingerprint density at radius 2 is 1.46 bits per heavy atom. The van der Waals surface area contributed by atoms with Crippen molar-refractivity contribution < 1.29 is 0 Å². The maximum Gasteiger partial charge on any atom is 0.235 e. The summed E-state index contributed by atoms with van der Waals surface area (Å²) in [4.78, 5) is 11.8. The summed E-state index contributed by atoms with van der Waals surface area (Å²) in [7, 11) is 0. The van der Waals surface area contributed by atoms with Crippen LogP contribution in [0.3, 0.4) is 0 Å². The van der Waals surface area contributed by atoms with E-state index in [1.54, 1.807) is 17.4 Å². The number of fused-ring (bicyclic) bond motifs is 7. The molecule has 0 spiro atoms. The summed E-state index contributed by atoms with van der Waals surface area (Å²) < 4.78 is 5.65. The third-order valence-electron chi connectivity index (χ3n) is 9.78. The predicted octanol–water partition coefficient (Wildman–Crippen LogP) is 13.1. The number of rotatable bonds is 8. The molecule has 0 unspecified atom stereocenters. The number of para-hydroxylation sites is 1. The molecule has 0 aliphatic carbocycles. The normalized spacial score (nSPS) is 12.2. The van der Waals surface area contributed by atoms with Gasteiger partial charge in [0.05, 0.1) is 38.2 Å². The summed E-state index contributed by atoms with van der Waals surface area (Å²) in [5, 5.41) is 5.59. The van der Waals surface area contributed by atoms with Crippen molar-refractivity contribution in [3.8, 4) is 27.6 Å². The van der Waals surface area contributed by atoms with Gasteiger partial charge < -0.3 is 4.57 Å². The molecule has 4 nitrogen and oxygen atoms in total. The molecule has 0 aliphatic heterocycles. The molecule has 0 saturated carbocycles. The fourth-order valence-corrected chi connectivity index (χ4v) is 8.70. The summed E-state index contributed by atoms with van der Waals surface area (Å²) in [5.74, 6) is 0.649. The van der Waals surface area contributed by atoms with Gasteiger partial charge >= 0.3 is 0 Å². The fourth-order valence-electron chi connectivity index (χ4n) is 7.51. The van der Waals surface area contributed by atoms with Crippen molar-refractivity contribution in [3.05, 3.63) is 171 Å². The van der Waals surface area contributed by atoms with Crippen molar-refractivity contribution in [1.82, 2.24) is 19.1 Å². The lowest BCUT2D eigenvalue weighted by atomic mass is 10.0. The minimum absolute atomic E-state index is 0.649. The third-order valence-corrected chi connectivity index (χ3v) is 11.0. The lowest BCUT2D eigenvalue weighted by Crippen LogP contribution is -2.03. The number of nitrogens with zero attached hydrogens (tertiary/aromatic N) is 4. The molecule has 5 aromatic carbocycles. The van der Waals surface area contributed by atoms with E-state index in [1.165, 1.54) is 9.58 Å². The molecule has 248 valence electrons. The van der Waals surface area contributed by atoms with Crippen LogP contribution in [0.4, 0.5) is 0 Å². The van der Waals surface area contributed by atoms with Gasteiger partial charge in [0.2, 0.25) is 5.95 Å². The highest BCUT2D eigenvalue weighted by molar-refractivity contribution is 7.22. The van der Waals surface area contributed by atoms with Gasteiger partial charge in [-0.3, -0.25) is 4.57 Å². The molecule has 4 heterocycles. The largest absolute Gasteiger partial charge is 0.308 e. The molecular formula is C47H34N4S. The second-order valence-electron chi connectivity index (χ2n) is 12.7. The topological polar surface area (TPSA) is 35.6 Å². The van der Waals surface area contributed by atoms with E-state index in [9.17, 15) is 0 Å². The van der Waals surface area contributed by atoms with Crippen molar-refractivity contribution in [2.45, 2.75) is 6.92 Å². The lowest BCUT2D eigenvalue weighted by molar-refractivity contribution is 1.02. The van der Waals surface area contributed by atoms with Crippen LogP contribution in [-0.2, 0) is 0 Å². The van der Waals surface area contributed by atoms with Gasteiger partial charge in [0, 0.05) is 43.2 Å². The molecule has 0 radical (unpaired) electrons. The van der Waals surface area contributed by atoms with Crippen molar-refractivity contribution in [3.63, 3.8) is 0 Å². The summed E-state index contributed by atoms with van der Waals surface area (Å²) in [6.07, 6.45) is 11.8. The molecular weight excluding hydrogens is 653 g/mol. The zero-order valence-corrected chi connectivity index (χ0v) is 29.6. The highest BCUT2D eigenvalue weighted by Gasteiger charge is 2.21. The number of thiophene rings is 1. The van der Waals surface area contributed by atoms with Crippen LogP contribution >= 0.6 is 11.3 Å². The first-order chi connectivity index (χ1) is 25.6. The van der Waals surface area contributed by atoms with Gasteiger partial charge in [-0.2, -0.15) is 0 Å². The highest BCUT2D eigenvalue weighted by Crippen LogP contribution is 2.43. The van der Waals surface area contributed by atoms with Gasteiger partial charge in [-0.15, -0.1) is 11.3 Å². The minimum atomic E-state index is 0.649. The molecule has 5 heteroatoms. The molecule has 0 bridgehead atoms. The van der Waals surface area contributed by atoms with E-state index in [0.29, 0.717) is 5.95 Å². The van der Waals surface area contributed by atoms with E-state index in [-0.39, 0.29) is 0 Å². The monoisotopic (exact) mass is 686 g/mol. The van der Waals surface area contributed by atoms with Crippen LogP contribution in [0.5, 0.6) is 0 Å². The molecule has 0 fully saturated rings. The van der Waals surface area contributed by atoms with Gasteiger partial charge in [-0.05, 0) is 66.4 Å². The van der Waals surface area contributed by atoms with Gasteiger partial charge in [0.1, 0.15) is 0 Å². The van der Waals surface area contributed by atoms with Crippen molar-refractivity contribution in [2.24, 2.45) is 0 Å². The Bertz CT molecular complexity index is 2970. The molecule has 0 N–H and O–H groups in total. The van der Waals surface area contributed by atoms with Gasteiger partial charge in [0.15, 0.2) is 0 Å². The van der Waals surface area contributed by atoms with E-state index in [2.05, 4.69) is 150 Å². The predicted molar refractivity (Wildman–Crippen MR) is 225 cm³/mol. The van der Waals surface area contributed by atoms with E-state index in [4.69, 9.17) is 9.97 Å². The number of aromatic nitrogens is 4. The maximum atomic E-state index is 5.34. The van der Waals surface area contributed by atoms with Crippen LogP contribution in [0.25, 0.3) is 99.2 Å². The fraction of sp³-hybridized carbons (Fsp3) is 0.0213. The molecule has 0 amide bonds. The molecule has 4 aromatic heterocycles. The Morgan fingerprint density at radius 3 is 2.25 bits per heavy atom. The van der Waals surface area contributed by atoms with E-state index < -0.39 is 0 Å². The standard InChI is InChI=1S/C47H34N4S/c1-5-16-33(7-3)50-39(17-6-2)34(8-4)46-42(50)29-43(52-46)32-25-27-41-38(28-32)36-22-14-15-23-40(36)51(41)47-48-44(31-19-10-9-11-20-31)37-26-24-30-18-12-13-21-35(30)45(37)49-47/h5-29H,1,3-4H2,2H3/b17-6-,33-16+. The quantitative estimate of drug-likeness (QED) is 0.118. The van der Waals surface area contributed by atoms with Crippen LogP contribution in [0, 0.1) is 0 Å². The number of hydrogen-bond donors (Lipinski definition) is 0. The Labute approximate surface area is 305 Å². The lowest BCUT2D eigenvalue weighted by Gasteiger charge is -2.13. The number of allylic oxidation sites excluding steroid dienone is 5. The average Bonchev–Trinajstić information content (AvgIpc) is 3.85. The van der Waals surface area contributed by atoms with E-state index >= 15 is 0 Å². The molecule has 0 atom stereocenters. The zero-order valence-electron chi connectivity index (χ0n) is 28.8. The first kappa shape index (κ1) is 31.4. The zero-order chi connectivity index (χ0) is 35.3. The average molecular weight is 687 g/mol. The number of hydrogen-bond acceptors (Lipinski definition) is 3. The molecule has 0 aliphatic rings. The van der Waals surface area contributed by atoms with Crippen molar-refractivity contribution in [1.29, 1.82) is 0 Å². The number of benzene rings is 5. The second kappa shape index (κ2) is 12.6. The molecule has 0 saturated heterocycles. The van der Waals surface area contributed by atoms with Crippen LogP contribution in [-0.4, -0.2) is 19.1 Å². The molecule has 9 rings (SSSR count). The summed E-state index contributed by atoms with van der Waals surface area (Å²) in [5.41, 5.74) is 10.4. The van der Waals surface area contributed by atoms with Gasteiger partial charge in [0.25, 0.3) is 0 Å². The Morgan fingerprint density at radius 1 is 0.692 bits per heavy atom. The van der Waals surface area contributed by atoms with Crippen LogP contribution in [0.1, 0.15) is 18.2 Å².